The van der Waals surface area contributed by atoms with E-state index in [1.54, 1.807) is 0 Å². The fourth-order valence-electron chi connectivity index (χ4n) is 10.2. The summed E-state index contributed by atoms with van der Waals surface area (Å²) < 4.78 is 0. The van der Waals surface area contributed by atoms with Crippen LogP contribution < -0.4 is 0 Å². The van der Waals surface area contributed by atoms with Gasteiger partial charge in [0.2, 0.25) is 0 Å². The van der Waals surface area contributed by atoms with Crippen molar-refractivity contribution in [1.29, 1.82) is 0 Å². The van der Waals surface area contributed by atoms with Crippen LogP contribution in [-0.2, 0) is 0 Å². The fourth-order valence-corrected chi connectivity index (χ4v) is 10.2. The summed E-state index contributed by atoms with van der Waals surface area (Å²) in [5.41, 5.74) is 13.3. The molecule has 2 nitrogen and oxygen atoms in total. The van der Waals surface area contributed by atoms with Crippen molar-refractivity contribution in [2.75, 3.05) is 0 Å². The number of benzene rings is 8. The van der Waals surface area contributed by atoms with Gasteiger partial charge in [0, 0.05) is 50.5 Å². The predicted octanol–water partition coefficient (Wildman–Crippen LogP) is 14.1. The molecule has 266 valence electrons. The summed E-state index contributed by atoms with van der Waals surface area (Å²) in [6, 6.07) is 58.0. The minimum absolute atomic E-state index is 0.109. The first kappa shape index (κ1) is 32.1. The van der Waals surface area contributed by atoms with Crippen LogP contribution in [0.25, 0.3) is 81.7 Å². The van der Waals surface area contributed by atoms with Crippen molar-refractivity contribution in [3.8, 4) is 11.3 Å². The van der Waals surface area contributed by atoms with Crippen molar-refractivity contribution in [2.45, 2.75) is 12.8 Å². The number of allylic oxidation sites excluding steroid dienone is 5. The van der Waals surface area contributed by atoms with Crippen LogP contribution in [0.2, 0.25) is 0 Å². The summed E-state index contributed by atoms with van der Waals surface area (Å²) in [5.74, 6) is 0.249. The number of aromatic nitrogens is 2. The van der Waals surface area contributed by atoms with Crippen LogP contribution in [0.15, 0.2) is 194 Å². The molecule has 2 unspecified atom stereocenters. The summed E-state index contributed by atoms with van der Waals surface area (Å²) in [5, 5.41) is 12.3. The first-order chi connectivity index (χ1) is 28.2. The molecular weight excluding hydrogens is 689 g/mol. The number of aryl methyl sites for hydroxylation is 1. The monoisotopic (exact) mass is 724 g/mol. The highest BCUT2D eigenvalue weighted by Gasteiger charge is 2.36. The van der Waals surface area contributed by atoms with Crippen molar-refractivity contribution in [3.63, 3.8) is 0 Å². The van der Waals surface area contributed by atoms with Gasteiger partial charge in [-0.05, 0) is 97.1 Å². The molecule has 2 aromatic heterocycles. The molecule has 0 spiro atoms. The van der Waals surface area contributed by atoms with Crippen molar-refractivity contribution in [2.24, 2.45) is 5.92 Å². The van der Waals surface area contributed by atoms with Crippen molar-refractivity contribution < 1.29 is 0 Å². The van der Waals surface area contributed by atoms with E-state index in [9.17, 15) is 0 Å². The number of hydrogen-bond acceptors (Lipinski definition) is 2. The van der Waals surface area contributed by atoms with Crippen LogP contribution in [-0.4, -0.2) is 9.97 Å². The summed E-state index contributed by atoms with van der Waals surface area (Å²) in [6.45, 7) is 2.19. The van der Waals surface area contributed by atoms with E-state index < -0.39 is 0 Å². The molecule has 0 amide bonds. The first-order valence-corrected chi connectivity index (χ1v) is 19.9. The first-order valence-electron chi connectivity index (χ1n) is 19.9. The standard InChI is InChI=1S/C55H36N2/c1-33-15-12-16-35-32-47(45-28-14-30-56-55(45)49(33)35)51-43-25-8-6-23-41(43)50(42-24-7-9-26-44(42)51)34-17-13-18-36(31-34)54-53-40-22-5-3-20-38(40)37-19-2-4-21-39(37)52(53)46-27-10-11-29-48(46)57-54/h2-32,41,50H,1H3. The fraction of sp³-hybridized carbons (Fsp3) is 0.0545. The van der Waals surface area contributed by atoms with Gasteiger partial charge < -0.3 is 0 Å². The Hall–Kier alpha value is -7.16. The molecular formula is C55H36N2. The summed E-state index contributed by atoms with van der Waals surface area (Å²) in [7, 11) is 0. The molecule has 0 fully saturated rings. The third-order valence-corrected chi connectivity index (χ3v) is 12.6. The molecule has 0 bridgehead atoms. The van der Waals surface area contributed by atoms with Gasteiger partial charge >= 0.3 is 0 Å². The Labute approximate surface area is 330 Å². The highest BCUT2D eigenvalue weighted by molar-refractivity contribution is 6.33. The van der Waals surface area contributed by atoms with Crippen LogP contribution in [0.5, 0.6) is 0 Å². The molecule has 0 saturated heterocycles. The zero-order chi connectivity index (χ0) is 37.6. The molecule has 0 saturated carbocycles. The Morgan fingerprint density at radius 1 is 0.526 bits per heavy atom. The maximum Gasteiger partial charge on any atom is 0.0794 e. The average molecular weight is 725 g/mol. The smallest absolute Gasteiger partial charge is 0.0794 e. The van der Waals surface area contributed by atoms with E-state index in [-0.39, 0.29) is 11.8 Å². The molecule has 2 heterocycles. The van der Waals surface area contributed by atoms with Gasteiger partial charge in [-0.25, -0.2) is 4.98 Å². The highest BCUT2D eigenvalue weighted by Crippen LogP contribution is 2.52. The Balaban J connectivity index is 1.11. The SMILES string of the molecule is Cc1cccc2cc(C3=C4C=CC=CC4C(c4cccc(-c5nc6ccccc6c6c7ccccc7c7ccccc7c56)c4)c4ccccc43)c3cccnc3c12. The minimum atomic E-state index is 0.109. The molecule has 0 N–H and O–H groups in total. The van der Waals surface area contributed by atoms with Gasteiger partial charge in [0.1, 0.15) is 0 Å². The van der Waals surface area contributed by atoms with Crippen LogP contribution >= 0.6 is 0 Å². The molecule has 0 radical (unpaired) electrons. The van der Waals surface area contributed by atoms with E-state index in [0.717, 1.165) is 22.3 Å². The second-order valence-electron chi connectivity index (χ2n) is 15.6. The van der Waals surface area contributed by atoms with E-state index >= 15 is 0 Å². The Kier molecular flexibility index (Phi) is 7.00. The van der Waals surface area contributed by atoms with Gasteiger partial charge in [-0.2, -0.15) is 0 Å². The Bertz CT molecular complexity index is 3440. The van der Waals surface area contributed by atoms with Crippen LogP contribution in [0, 0.1) is 12.8 Å². The zero-order valence-electron chi connectivity index (χ0n) is 31.4. The Morgan fingerprint density at radius 3 is 2.11 bits per heavy atom. The van der Waals surface area contributed by atoms with Gasteiger partial charge in [0.25, 0.3) is 0 Å². The number of para-hydroxylation sites is 1. The lowest BCUT2D eigenvalue weighted by molar-refractivity contribution is 0.649. The summed E-state index contributed by atoms with van der Waals surface area (Å²) in [6.07, 6.45) is 11.1. The number of pyridine rings is 2. The van der Waals surface area contributed by atoms with E-state index in [0.29, 0.717) is 0 Å². The molecule has 2 heteroatoms. The van der Waals surface area contributed by atoms with Crippen LogP contribution in [0.3, 0.4) is 0 Å². The minimum Gasteiger partial charge on any atom is -0.256 e. The third-order valence-electron chi connectivity index (χ3n) is 12.6. The molecule has 2 aliphatic rings. The van der Waals surface area contributed by atoms with Crippen molar-refractivity contribution in [1.82, 2.24) is 9.97 Å². The van der Waals surface area contributed by atoms with Gasteiger partial charge in [-0.15, -0.1) is 0 Å². The zero-order valence-corrected chi connectivity index (χ0v) is 31.4. The lowest BCUT2D eigenvalue weighted by Gasteiger charge is -2.37. The molecule has 0 aliphatic heterocycles. The quantitative estimate of drug-likeness (QED) is 0.170. The highest BCUT2D eigenvalue weighted by atomic mass is 14.7. The second kappa shape index (κ2) is 12.4. The normalized spacial score (nSPS) is 16.3. The van der Waals surface area contributed by atoms with E-state index in [2.05, 4.69) is 189 Å². The lowest BCUT2D eigenvalue weighted by Crippen LogP contribution is -2.23. The van der Waals surface area contributed by atoms with Gasteiger partial charge in [0.15, 0.2) is 0 Å². The number of nitrogens with zero attached hydrogens (tertiary/aromatic N) is 2. The number of fused-ring (bicyclic) bond motifs is 13. The predicted molar refractivity (Wildman–Crippen MR) is 240 cm³/mol. The number of hydrogen-bond donors (Lipinski definition) is 0. The molecule has 8 aromatic carbocycles. The summed E-state index contributed by atoms with van der Waals surface area (Å²) in [4.78, 5) is 10.5. The van der Waals surface area contributed by atoms with Gasteiger partial charge in [-0.1, -0.05) is 158 Å². The third kappa shape index (κ3) is 4.71. The van der Waals surface area contributed by atoms with Crippen LogP contribution in [0.4, 0.5) is 0 Å². The van der Waals surface area contributed by atoms with E-state index in [1.807, 2.05) is 6.20 Å². The number of rotatable bonds is 3. The maximum atomic E-state index is 5.51. The van der Waals surface area contributed by atoms with Crippen LogP contribution in [0.1, 0.15) is 33.7 Å². The molecule has 12 rings (SSSR count). The second-order valence-corrected chi connectivity index (χ2v) is 15.6. The van der Waals surface area contributed by atoms with E-state index in [4.69, 9.17) is 9.97 Å². The molecule has 10 aromatic rings. The summed E-state index contributed by atoms with van der Waals surface area (Å²) >= 11 is 0. The molecule has 57 heavy (non-hydrogen) atoms. The van der Waals surface area contributed by atoms with Crippen molar-refractivity contribution in [3.05, 3.63) is 222 Å². The largest absolute Gasteiger partial charge is 0.256 e. The average Bonchev–Trinajstić information content (AvgIpc) is 3.27. The Morgan fingerprint density at radius 2 is 1.25 bits per heavy atom. The topological polar surface area (TPSA) is 25.8 Å². The maximum absolute atomic E-state index is 5.51. The van der Waals surface area contributed by atoms with Crippen molar-refractivity contribution >= 4 is 70.5 Å². The molecule has 2 aliphatic carbocycles. The van der Waals surface area contributed by atoms with Gasteiger partial charge in [0.05, 0.1) is 16.7 Å². The lowest BCUT2D eigenvalue weighted by atomic mass is 9.66. The van der Waals surface area contributed by atoms with Gasteiger partial charge in [-0.3, -0.25) is 4.98 Å². The van der Waals surface area contributed by atoms with E-state index in [1.165, 1.54) is 92.8 Å². The molecule has 2 atom stereocenters.